The summed E-state index contributed by atoms with van der Waals surface area (Å²) in [7, 11) is 0. The molecule has 0 saturated heterocycles. The number of carbonyl (C=O) groups excluding carboxylic acids is 1. The highest BCUT2D eigenvalue weighted by molar-refractivity contribution is 5.78. The van der Waals surface area contributed by atoms with Crippen molar-refractivity contribution in [3.8, 4) is 11.8 Å². The Hall–Kier alpha value is -1.75. The molecule has 90 valence electrons. The minimum atomic E-state index is 0.0141. The first-order valence-electron chi connectivity index (χ1n) is 5.99. The molecule has 1 N–H and O–H groups in total. The Morgan fingerprint density at radius 2 is 2.18 bits per heavy atom. The maximum absolute atomic E-state index is 11.3. The Balaban J connectivity index is 2.51. The van der Waals surface area contributed by atoms with E-state index in [1.165, 1.54) is 5.56 Å². The van der Waals surface area contributed by atoms with Crippen LogP contribution in [0.5, 0.6) is 0 Å². The van der Waals surface area contributed by atoms with Gasteiger partial charge in [0.25, 0.3) is 0 Å². The van der Waals surface area contributed by atoms with Crippen LogP contribution in [0.1, 0.15) is 31.9 Å². The standard InChI is InChI=1S/C15H19NO/c1-4-13-7-5-8-14(11-13)9-6-10-16-15(17)12(2)3/h5,7-8,11-12H,4,10H2,1-3H3,(H,16,17). The van der Waals surface area contributed by atoms with E-state index in [0.717, 1.165) is 12.0 Å². The fourth-order valence-corrected chi connectivity index (χ4v) is 1.35. The molecule has 1 aromatic rings. The summed E-state index contributed by atoms with van der Waals surface area (Å²) in [6.07, 6.45) is 1.01. The first-order valence-corrected chi connectivity index (χ1v) is 5.99. The molecule has 0 heterocycles. The second kappa shape index (κ2) is 6.75. The van der Waals surface area contributed by atoms with Crippen molar-refractivity contribution in [1.29, 1.82) is 0 Å². The summed E-state index contributed by atoms with van der Waals surface area (Å²) in [5.74, 6) is 6.06. The van der Waals surface area contributed by atoms with Crippen molar-refractivity contribution < 1.29 is 4.79 Å². The maximum atomic E-state index is 11.3. The van der Waals surface area contributed by atoms with Crippen LogP contribution in [0, 0.1) is 17.8 Å². The van der Waals surface area contributed by atoms with Crippen LogP contribution >= 0.6 is 0 Å². The highest BCUT2D eigenvalue weighted by atomic mass is 16.1. The van der Waals surface area contributed by atoms with E-state index >= 15 is 0 Å². The lowest BCUT2D eigenvalue weighted by Crippen LogP contribution is -2.27. The van der Waals surface area contributed by atoms with Crippen LogP contribution in [0.2, 0.25) is 0 Å². The smallest absolute Gasteiger partial charge is 0.223 e. The van der Waals surface area contributed by atoms with Crippen LogP contribution < -0.4 is 5.32 Å². The molecule has 2 heteroatoms. The second-order valence-corrected chi connectivity index (χ2v) is 4.23. The van der Waals surface area contributed by atoms with Crippen LogP contribution in [-0.4, -0.2) is 12.5 Å². The number of carbonyl (C=O) groups is 1. The zero-order valence-electron chi connectivity index (χ0n) is 10.7. The SMILES string of the molecule is CCc1cccc(C#CCNC(=O)C(C)C)c1. The number of nitrogens with one attached hydrogen (secondary N) is 1. The third kappa shape index (κ3) is 4.74. The van der Waals surface area contributed by atoms with Gasteiger partial charge < -0.3 is 5.32 Å². The van der Waals surface area contributed by atoms with E-state index in [-0.39, 0.29) is 11.8 Å². The lowest BCUT2D eigenvalue weighted by molar-refractivity contribution is -0.123. The van der Waals surface area contributed by atoms with Crippen molar-refractivity contribution in [1.82, 2.24) is 5.32 Å². The average Bonchev–Trinajstić information content (AvgIpc) is 2.34. The summed E-state index contributed by atoms with van der Waals surface area (Å²) in [5.41, 5.74) is 2.28. The molecule has 0 unspecified atom stereocenters. The van der Waals surface area contributed by atoms with Crippen LogP contribution in [0.25, 0.3) is 0 Å². The van der Waals surface area contributed by atoms with Gasteiger partial charge >= 0.3 is 0 Å². The molecule has 1 amide bonds. The molecular formula is C15H19NO. The van der Waals surface area contributed by atoms with Crippen LogP contribution in [0.3, 0.4) is 0 Å². The molecule has 2 nitrogen and oxygen atoms in total. The molecule has 0 bridgehead atoms. The van der Waals surface area contributed by atoms with Crippen molar-refractivity contribution in [2.24, 2.45) is 5.92 Å². The second-order valence-electron chi connectivity index (χ2n) is 4.23. The lowest BCUT2D eigenvalue weighted by atomic mass is 10.1. The van der Waals surface area contributed by atoms with E-state index in [9.17, 15) is 4.79 Å². The van der Waals surface area contributed by atoms with Gasteiger partial charge in [0, 0.05) is 11.5 Å². The number of rotatable bonds is 3. The molecule has 0 aliphatic heterocycles. The van der Waals surface area contributed by atoms with Crippen molar-refractivity contribution in [2.45, 2.75) is 27.2 Å². The first kappa shape index (κ1) is 13.3. The van der Waals surface area contributed by atoms with Gasteiger partial charge in [0.2, 0.25) is 5.91 Å². The molecule has 0 radical (unpaired) electrons. The summed E-state index contributed by atoms with van der Waals surface area (Å²) in [5, 5.41) is 2.77. The van der Waals surface area contributed by atoms with Gasteiger partial charge in [-0.1, -0.05) is 44.7 Å². The lowest BCUT2D eigenvalue weighted by Gasteiger charge is -2.02. The summed E-state index contributed by atoms with van der Waals surface area (Å²) in [4.78, 5) is 11.3. The predicted molar refractivity (Wildman–Crippen MR) is 70.5 cm³/mol. The third-order valence-corrected chi connectivity index (χ3v) is 2.44. The normalized spacial score (nSPS) is 9.65. The summed E-state index contributed by atoms with van der Waals surface area (Å²) >= 11 is 0. The molecule has 17 heavy (non-hydrogen) atoms. The van der Waals surface area contributed by atoms with Gasteiger partial charge in [-0.3, -0.25) is 4.79 Å². The number of hydrogen-bond acceptors (Lipinski definition) is 1. The minimum absolute atomic E-state index is 0.0141. The van der Waals surface area contributed by atoms with Crippen LogP contribution in [-0.2, 0) is 11.2 Å². The largest absolute Gasteiger partial charge is 0.345 e. The van der Waals surface area contributed by atoms with Gasteiger partial charge in [-0.2, -0.15) is 0 Å². The summed E-state index contributed by atoms with van der Waals surface area (Å²) in [6, 6.07) is 8.16. The number of hydrogen-bond donors (Lipinski definition) is 1. The number of benzene rings is 1. The van der Waals surface area contributed by atoms with Gasteiger partial charge in [0.15, 0.2) is 0 Å². The molecule has 0 atom stereocenters. The van der Waals surface area contributed by atoms with Gasteiger partial charge in [-0.25, -0.2) is 0 Å². The van der Waals surface area contributed by atoms with E-state index in [1.807, 2.05) is 26.0 Å². The highest BCUT2D eigenvalue weighted by Crippen LogP contribution is 2.04. The molecule has 0 spiro atoms. The Kier molecular flexibility index (Phi) is 5.29. The summed E-state index contributed by atoms with van der Waals surface area (Å²) in [6.45, 7) is 6.27. The van der Waals surface area contributed by atoms with E-state index in [1.54, 1.807) is 0 Å². The molecule has 1 aromatic carbocycles. The van der Waals surface area contributed by atoms with Crippen molar-refractivity contribution in [2.75, 3.05) is 6.54 Å². The average molecular weight is 229 g/mol. The van der Waals surface area contributed by atoms with Crippen molar-refractivity contribution in [3.05, 3.63) is 35.4 Å². The van der Waals surface area contributed by atoms with Gasteiger partial charge in [0.05, 0.1) is 6.54 Å². The quantitative estimate of drug-likeness (QED) is 0.792. The van der Waals surface area contributed by atoms with Crippen LogP contribution in [0.4, 0.5) is 0 Å². The summed E-state index contributed by atoms with van der Waals surface area (Å²) < 4.78 is 0. The topological polar surface area (TPSA) is 29.1 Å². The molecule has 0 fully saturated rings. The maximum Gasteiger partial charge on any atom is 0.223 e. The first-order chi connectivity index (χ1) is 8.13. The predicted octanol–water partition coefficient (Wildman–Crippen LogP) is 2.37. The number of aryl methyl sites for hydroxylation is 1. The third-order valence-electron chi connectivity index (χ3n) is 2.44. The van der Waals surface area contributed by atoms with Crippen molar-refractivity contribution in [3.63, 3.8) is 0 Å². The van der Waals surface area contributed by atoms with Gasteiger partial charge in [0.1, 0.15) is 0 Å². The molecule has 0 saturated carbocycles. The molecule has 0 aliphatic carbocycles. The zero-order chi connectivity index (χ0) is 12.7. The highest BCUT2D eigenvalue weighted by Gasteiger charge is 2.03. The van der Waals surface area contributed by atoms with E-state index < -0.39 is 0 Å². The molecule has 1 rings (SSSR count). The Morgan fingerprint density at radius 1 is 1.41 bits per heavy atom. The Labute approximate surface area is 103 Å². The number of amides is 1. The van der Waals surface area contributed by atoms with Crippen LogP contribution in [0.15, 0.2) is 24.3 Å². The zero-order valence-corrected chi connectivity index (χ0v) is 10.7. The fraction of sp³-hybridized carbons (Fsp3) is 0.400. The van der Waals surface area contributed by atoms with Gasteiger partial charge in [-0.05, 0) is 24.1 Å². The molecular weight excluding hydrogens is 210 g/mol. The van der Waals surface area contributed by atoms with E-state index in [2.05, 4.69) is 36.2 Å². The Morgan fingerprint density at radius 3 is 2.82 bits per heavy atom. The Bertz CT molecular complexity index is 438. The van der Waals surface area contributed by atoms with Crippen molar-refractivity contribution >= 4 is 5.91 Å². The fourth-order valence-electron chi connectivity index (χ4n) is 1.35. The monoisotopic (exact) mass is 229 g/mol. The molecule has 0 aromatic heterocycles. The van der Waals surface area contributed by atoms with E-state index in [0.29, 0.717) is 6.54 Å². The van der Waals surface area contributed by atoms with E-state index in [4.69, 9.17) is 0 Å². The molecule has 0 aliphatic rings. The van der Waals surface area contributed by atoms with Gasteiger partial charge in [-0.15, -0.1) is 0 Å². The minimum Gasteiger partial charge on any atom is -0.345 e.